The summed E-state index contributed by atoms with van der Waals surface area (Å²) in [6, 6.07) is -1.86. The number of nitrogen functional groups attached to an aromatic ring is 1. The zero-order valence-electron chi connectivity index (χ0n) is 33.6. The number of primary amides is 1. The molecule has 0 spiro atoms. The monoisotopic (exact) mass is 790 g/mol. The van der Waals surface area contributed by atoms with Gasteiger partial charge in [-0.25, -0.2) is 9.78 Å². The number of benzene rings is 2. The topological polar surface area (TPSA) is 258 Å². The molecule has 1 aromatic carbocycles. The first-order valence-corrected chi connectivity index (χ1v) is 18.8. The first-order chi connectivity index (χ1) is 26.7. The predicted octanol–water partition coefficient (Wildman–Crippen LogP) is 0.708. The zero-order chi connectivity index (χ0) is 42.4. The average molecular weight is 791 g/mol. The molecular weight excluding hydrogens is 740 g/mol. The van der Waals surface area contributed by atoms with Crippen molar-refractivity contribution in [2.75, 3.05) is 32.9 Å². The Morgan fingerprint density at radius 3 is 2.28 bits per heavy atom. The number of anilines is 1. The van der Waals surface area contributed by atoms with E-state index in [0.717, 1.165) is 0 Å². The van der Waals surface area contributed by atoms with E-state index in [0.29, 0.717) is 18.4 Å². The summed E-state index contributed by atoms with van der Waals surface area (Å²) < 4.78 is 11.9. The maximum absolute atomic E-state index is 14.4. The van der Waals surface area contributed by atoms with Crippen LogP contribution in [-0.2, 0) is 28.7 Å². The van der Waals surface area contributed by atoms with Gasteiger partial charge in [-0.15, -0.1) is 0 Å². The van der Waals surface area contributed by atoms with Crippen molar-refractivity contribution < 1.29 is 42.7 Å². The molecule has 18 nitrogen and oxygen atoms in total. The van der Waals surface area contributed by atoms with Gasteiger partial charge in [-0.2, -0.15) is 0 Å². The number of carbonyl (C=O) groups is 7. The summed E-state index contributed by atoms with van der Waals surface area (Å²) in [7, 11) is 2.86. The average Bonchev–Trinajstić information content (AvgIpc) is 3.63. The molecule has 5 unspecified atom stereocenters. The summed E-state index contributed by atoms with van der Waals surface area (Å²) in [5.41, 5.74) is 10.4. The Morgan fingerprint density at radius 2 is 1.67 bits per heavy atom. The van der Waals surface area contributed by atoms with Gasteiger partial charge in [0.25, 0.3) is 11.8 Å². The van der Waals surface area contributed by atoms with E-state index in [4.69, 9.17) is 20.6 Å². The standard InChI is InChI=1S/C39H50N8O10/c1-16(2)26-38(54)47-14-10-11-22(47)37(53)45(8)15-23(48)46(9)30(17(3)4)39(55)56-20(7)27(36(52)43-26)44-35(51)21-13-12-18(5)32-28(21)42-29-24(34(41)50)25(40)31(49)19(6)33(29)57-32/h12-13,16-17,20,22,26-27,30H,10-11,14-15,40H2,1-9H3,(H2,41,50)(H,43,52)(H,44,51). The number of cyclic esters (lactones) is 1. The van der Waals surface area contributed by atoms with Crippen LogP contribution < -0.4 is 27.5 Å². The molecule has 6 amide bonds. The van der Waals surface area contributed by atoms with Crippen molar-refractivity contribution in [1.29, 1.82) is 0 Å². The molecule has 1 aromatic rings. The normalized spacial score (nSPS) is 23.0. The molecule has 306 valence electrons. The molecule has 0 radical (unpaired) electrons. The van der Waals surface area contributed by atoms with Gasteiger partial charge in [0.2, 0.25) is 29.1 Å². The van der Waals surface area contributed by atoms with Crippen LogP contribution in [0.2, 0.25) is 0 Å². The molecule has 57 heavy (non-hydrogen) atoms. The van der Waals surface area contributed by atoms with E-state index < -0.39 is 100 Å². The summed E-state index contributed by atoms with van der Waals surface area (Å²) in [6.45, 7) is 11.2. The number of nitrogens with zero attached hydrogens (tertiary/aromatic N) is 4. The quantitative estimate of drug-likeness (QED) is 0.158. The molecule has 4 aliphatic rings. The molecule has 0 bridgehead atoms. The number of hydrogen-bond acceptors (Lipinski definition) is 12. The van der Waals surface area contributed by atoms with Gasteiger partial charge in [0, 0.05) is 26.2 Å². The second-order valence-corrected chi connectivity index (χ2v) is 15.5. The Balaban J connectivity index is 1.62. The van der Waals surface area contributed by atoms with Crippen molar-refractivity contribution in [3.8, 4) is 11.5 Å². The molecule has 5 rings (SSSR count). The van der Waals surface area contributed by atoms with Crippen molar-refractivity contribution in [1.82, 2.24) is 30.3 Å². The van der Waals surface area contributed by atoms with Gasteiger partial charge >= 0.3 is 5.97 Å². The van der Waals surface area contributed by atoms with E-state index >= 15 is 0 Å². The second kappa shape index (κ2) is 16.2. The Kier molecular flexibility index (Phi) is 12.0. The lowest BCUT2D eigenvalue weighted by molar-refractivity contribution is -0.163. The largest absolute Gasteiger partial charge is 0.458 e. The van der Waals surface area contributed by atoms with Gasteiger partial charge < -0.3 is 46.0 Å². The van der Waals surface area contributed by atoms with Crippen LogP contribution in [0.15, 0.2) is 21.3 Å². The van der Waals surface area contributed by atoms with E-state index in [1.54, 1.807) is 40.7 Å². The number of amides is 6. The lowest BCUT2D eigenvalue weighted by atomic mass is 9.99. The van der Waals surface area contributed by atoms with Gasteiger partial charge in [-0.3, -0.25) is 33.6 Å². The third-order valence-corrected chi connectivity index (χ3v) is 10.7. The van der Waals surface area contributed by atoms with Crippen LogP contribution >= 0.6 is 0 Å². The van der Waals surface area contributed by atoms with Gasteiger partial charge in [0.1, 0.15) is 41.5 Å². The van der Waals surface area contributed by atoms with Crippen molar-refractivity contribution in [3.05, 3.63) is 44.6 Å². The lowest BCUT2D eigenvalue weighted by Crippen LogP contribution is -2.61. The lowest BCUT2D eigenvalue weighted by Gasteiger charge is -2.36. The summed E-state index contributed by atoms with van der Waals surface area (Å²) >= 11 is 0. The van der Waals surface area contributed by atoms with Gasteiger partial charge in [0.15, 0.2) is 11.3 Å². The summed E-state index contributed by atoms with van der Waals surface area (Å²) in [5.74, 6) is -6.27. The van der Waals surface area contributed by atoms with Crippen molar-refractivity contribution in [2.24, 2.45) is 17.6 Å². The molecule has 1 aliphatic carbocycles. The number of nitrogens with two attached hydrogens (primary N) is 2. The number of rotatable bonds is 5. The zero-order valence-corrected chi connectivity index (χ0v) is 33.6. The first-order valence-electron chi connectivity index (χ1n) is 18.8. The first kappa shape index (κ1) is 42.1. The van der Waals surface area contributed by atoms with Crippen LogP contribution in [0, 0.1) is 25.7 Å². The van der Waals surface area contributed by atoms with E-state index in [9.17, 15) is 38.4 Å². The fraction of sp³-hybridized carbons (Fsp3) is 0.513. The third-order valence-electron chi connectivity index (χ3n) is 10.7. The SMILES string of the molecule is Cc1c2oc3c(C)ccc(C(=O)NC4C(=O)NC(C(C)C)C(=O)N5CCCC5C(=O)N(C)CC(=O)N(C)C(C(C)C)C(=O)OC4C)c3nc-2c(C(N)=O)c(N)c1=O. The van der Waals surface area contributed by atoms with Crippen LogP contribution in [0.5, 0.6) is 0 Å². The Hall–Kier alpha value is -6.07. The molecule has 6 N–H and O–H groups in total. The molecule has 3 aliphatic heterocycles. The molecule has 5 atom stereocenters. The Morgan fingerprint density at radius 1 is 1.00 bits per heavy atom. The van der Waals surface area contributed by atoms with E-state index in [2.05, 4.69) is 15.6 Å². The predicted molar refractivity (Wildman–Crippen MR) is 207 cm³/mol. The fourth-order valence-electron chi connectivity index (χ4n) is 7.47. The minimum atomic E-state index is -1.63. The fourth-order valence-corrected chi connectivity index (χ4v) is 7.47. The number of likely N-dealkylation sites (N-methyl/N-ethyl adjacent to an activating group) is 2. The maximum Gasteiger partial charge on any atom is 0.329 e. The molecule has 2 saturated heterocycles. The van der Waals surface area contributed by atoms with Crippen molar-refractivity contribution in [3.63, 3.8) is 0 Å². The Bertz CT molecular complexity index is 2200. The molecule has 18 heteroatoms. The van der Waals surface area contributed by atoms with E-state index in [1.807, 2.05) is 0 Å². The molecule has 2 fully saturated rings. The highest BCUT2D eigenvalue weighted by Gasteiger charge is 2.43. The number of aryl methyl sites for hydroxylation is 1. The highest BCUT2D eigenvalue weighted by atomic mass is 16.5. The van der Waals surface area contributed by atoms with Crippen LogP contribution in [0.1, 0.15) is 79.3 Å². The summed E-state index contributed by atoms with van der Waals surface area (Å²) in [6.07, 6.45) is -0.513. The van der Waals surface area contributed by atoms with Crippen LogP contribution in [0.4, 0.5) is 5.69 Å². The minimum Gasteiger partial charge on any atom is -0.458 e. The number of esters is 1. The highest BCUT2D eigenvalue weighted by Crippen LogP contribution is 2.34. The van der Waals surface area contributed by atoms with Crippen molar-refractivity contribution >= 4 is 58.2 Å². The van der Waals surface area contributed by atoms with E-state index in [1.165, 1.54) is 48.7 Å². The van der Waals surface area contributed by atoms with Crippen LogP contribution in [-0.4, -0.2) is 119 Å². The number of hydrogen-bond donors (Lipinski definition) is 4. The smallest absolute Gasteiger partial charge is 0.329 e. The summed E-state index contributed by atoms with van der Waals surface area (Å²) in [5, 5.41) is 5.38. The summed E-state index contributed by atoms with van der Waals surface area (Å²) in [4.78, 5) is 118. The maximum atomic E-state index is 14.4. The number of carbonyl (C=O) groups excluding carboxylic acids is 7. The molecule has 0 aromatic heterocycles. The number of aromatic nitrogens is 1. The van der Waals surface area contributed by atoms with Gasteiger partial charge in [-0.1, -0.05) is 33.8 Å². The van der Waals surface area contributed by atoms with Crippen molar-refractivity contribution in [2.45, 2.75) is 91.6 Å². The molecular formula is C39H50N8O10. The molecule has 0 saturated carbocycles. The van der Waals surface area contributed by atoms with E-state index in [-0.39, 0.29) is 46.8 Å². The Labute approximate surface area is 328 Å². The number of ether oxygens (including phenoxy) is 1. The number of nitrogens with one attached hydrogen (secondary N) is 2. The van der Waals surface area contributed by atoms with Crippen LogP contribution in [0.25, 0.3) is 22.6 Å². The van der Waals surface area contributed by atoms with Crippen LogP contribution in [0.3, 0.4) is 0 Å². The second-order valence-electron chi connectivity index (χ2n) is 15.5. The van der Waals surface area contributed by atoms with Gasteiger partial charge in [0.05, 0.1) is 23.4 Å². The highest BCUT2D eigenvalue weighted by molar-refractivity contribution is 6.09. The van der Waals surface area contributed by atoms with Gasteiger partial charge in [-0.05, 0) is 57.1 Å². The minimum absolute atomic E-state index is 0.0604. The third kappa shape index (κ3) is 7.84. The molecule has 3 heterocycles. The number of fused-ring (bicyclic) bond motifs is 3.